The molecule has 5 rings (SSSR count). The highest BCUT2D eigenvalue weighted by molar-refractivity contribution is 6.08. The van der Waals surface area contributed by atoms with Crippen molar-refractivity contribution in [1.82, 2.24) is 0 Å². The lowest BCUT2D eigenvalue weighted by molar-refractivity contribution is -0.138. The summed E-state index contributed by atoms with van der Waals surface area (Å²) in [6, 6.07) is 16.4. The highest BCUT2D eigenvalue weighted by atomic mass is 19.4. The van der Waals surface area contributed by atoms with Gasteiger partial charge in [-0.3, -0.25) is 0 Å². The Kier molecular flexibility index (Phi) is 5.18. The largest absolute Gasteiger partial charge is 0.416 e. The summed E-state index contributed by atoms with van der Waals surface area (Å²) in [5, 5.41) is 12.0. The number of hydrogen-bond donors (Lipinski definition) is 1. The molecule has 34 heavy (non-hydrogen) atoms. The second kappa shape index (κ2) is 7.85. The van der Waals surface area contributed by atoms with Crippen molar-refractivity contribution in [3.05, 3.63) is 95.1 Å². The molecule has 0 aromatic heterocycles. The molecule has 2 nitrogen and oxygen atoms in total. The van der Waals surface area contributed by atoms with Crippen molar-refractivity contribution in [2.45, 2.75) is 25.2 Å². The monoisotopic (exact) mass is 474 g/mol. The lowest BCUT2D eigenvalue weighted by atomic mass is 9.84. The first-order valence-electron chi connectivity index (χ1n) is 10.3. The molecule has 1 heterocycles. The molecule has 0 amide bonds. The number of aliphatic hydroxyl groups excluding tert-OH is 1. The van der Waals surface area contributed by atoms with Crippen LogP contribution in [0.15, 0.2) is 72.8 Å². The molecule has 1 N–H and O–H groups in total. The molecule has 1 aliphatic rings. The molecule has 0 bridgehead atoms. The predicted molar refractivity (Wildman–Crippen MR) is 115 cm³/mol. The van der Waals surface area contributed by atoms with Crippen LogP contribution in [0, 0.1) is 0 Å². The Hall–Kier alpha value is -3.36. The number of fused-ring (bicyclic) bond motifs is 2. The minimum Gasteiger partial charge on any atom is -0.364 e. The Morgan fingerprint density at radius 3 is 1.56 bits per heavy atom. The van der Waals surface area contributed by atoms with Gasteiger partial charge in [-0.25, -0.2) is 0 Å². The van der Waals surface area contributed by atoms with Gasteiger partial charge in [-0.15, -0.1) is 0 Å². The SMILES string of the molecule is OC1OCc2c1c(-c1ccc(C(F)(F)F)cc1)c1ccccc1c2-c1ccc(C(F)(F)F)cc1. The normalized spacial score (nSPS) is 16.1. The zero-order valence-corrected chi connectivity index (χ0v) is 17.3. The van der Waals surface area contributed by atoms with Crippen molar-refractivity contribution in [3.8, 4) is 22.3 Å². The van der Waals surface area contributed by atoms with E-state index >= 15 is 0 Å². The predicted octanol–water partition coefficient (Wildman–Crippen LogP) is 7.73. The van der Waals surface area contributed by atoms with E-state index in [0.29, 0.717) is 44.2 Å². The Labute approximate surface area is 190 Å². The lowest BCUT2D eigenvalue weighted by Gasteiger charge is -2.20. The lowest BCUT2D eigenvalue weighted by Crippen LogP contribution is -2.05. The first kappa shape index (κ1) is 22.4. The fourth-order valence-corrected chi connectivity index (χ4v) is 4.47. The van der Waals surface area contributed by atoms with Crippen molar-refractivity contribution in [1.29, 1.82) is 0 Å². The van der Waals surface area contributed by atoms with Crippen molar-refractivity contribution in [2.24, 2.45) is 0 Å². The van der Waals surface area contributed by atoms with Crippen LogP contribution >= 0.6 is 0 Å². The number of hydrogen-bond acceptors (Lipinski definition) is 2. The Balaban J connectivity index is 1.77. The van der Waals surface area contributed by atoms with Crippen LogP contribution in [-0.4, -0.2) is 5.11 Å². The van der Waals surface area contributed by atoms with E-state index < -0.39 is 29.8 Å². The number of benzene rings is 4. The second-order valence-electron chi connectivity index (χ2n) is 8.00. The van der Waals surface area contributed by atoms with Gasteiger partial charge in [0.1, 0.15) is 0 Å². The van der Waals surface area contributed by atoms with Gasteiger partial charge in [-0.1, -0.05) is 48.5 Å². The van der Waals surface area contributed by atoms with Crippen LogP contribution in [0.25, 0.3) is 33.0 Å². The van der Waals surface area contributed by atoms with Crippen LogP contribution in [0.4, 0.5) is 26.3 Å². The zero-order valence-electron chi connectivity index (χ0n) is 17.3. The first-order valence-corrected chi connectivity index (χ1v) is 10.3. The molecule has 1 aliphatic heterocycles. The number of ether oxygens (including phenoxy) is 1. The van der Waals surface area contributed by atoms with Gasteiger partial charge in [0.05, 0.1) is 17.7 Å². The molecule has 8 heteroatoms. The van der Waals surface area contributed by atoms with Crippen molar-refractivity contribution >= 4 is 10.8 Å². The minimum atomic E-state index is -4.49. The van der Waals surface area contributed by atoms with Crippen LogP contribution in [0.3, 0.4) is 0 Å². The minimum absolute atomic E-state index is 0.00528. The maximum atomic E-state index is 13.1. The highest BCUT2D eigenvalue weighted by Crippen LogP contribution is 2.48. The molecule has 0 radical (unpaired) electrons. The van der Waals surface area contributed by atoms with Crippen LogP contribution in [0.2, 0.25) is 0 Å². The van der Waals surface area contributed by atoms with Gasteiger partial charge in [0.15, 0.2) is 6.29 Å². The molecule has 0 saturated carbocycles. The van der Waals surface area contributed by atoms with Gasteiger partial charge in [0.2, 0.25) is 0 Å². The standard InChI is InChI=1S/C26H16F6O2/c27-25(28,29)16-9-5-14(6-10-16)21-18-3-1-2-4-19(18)22(23-20(21)13-34-24(23)33)15-7-11-17(12-8-15)26(30,31)32/h1-12,24,33H,13H2. The quantitative estimate of drug-likeness (QED) is 0.301. The molecule has 4 aromatic carbocycles. The van der Waals surface area contributed by atoms with E-state index in [9.17, 15) is 31.4 Å². The number of alkyl halides is 6. The van der Waals surface area contributed by atoms with E-state index in [1.807, 2.05) is 0 Å². The fourth-order valence-electron chi connectivity index (χ4n) is 4.47. The molecular weight excluding hydrogens is 458 g/mol. The first-order chi connectivity index (χ1) is 16.1. The summed E-state index contributed by atoms with van der Waals surface area (Å²) in [4.78, 5) is 0. The molecule has 0 spiro atoms. The Morgan fingerprint density at radius 2 is 1.09 bits per heavy atom. The van der Waals surface area contributed by atoms with E-state index in [0.717, 1.165) is 24.3 Å². The van der Waals surface area contributed by atoms with E-state index in [4.69, 9.17) is 4.74 Å². The molecule has 0 saturated heterocycles. The topological polar surface area (TPSA) is 29.5 Å². The number of rotatable bonds is 2. The van der Waals surface area contributed by atoms with E-state index in [-0.39, 0.29) is 6.61 Å². The smallest absolute Gasteiger partial charge is 0.364 e. The van der Waals surface area contributed by atoms with Crippen molar-refractivity contribution < 1.29 is 36.2 Å². The molecular formula is C26H16F6O2. The summed E-state index contributed by atoms with van der Waals surface area (Å²) in [5.41, 5.74) is 1.52. The summed E-state index contributed by atoms with van der Waals surface area (Å²) in [5.74, 6) is 0. The van der Waals surface area contributed by atoms with E-state index in [1.54, 1.807) is 24.3 Å². The van der Waals surface area contributed by atoms with Crippen molar-refractivity contribution in [3.63, 3.8) is 0 Å². The number of aliphatic hydroxyl groups is 1. The van der Waals surface area contributed by atoms with Crippen molar-refractivity contribution in [2.75, 3.05) is 0 Å². The molecule has 4 aromatic rings. The summed E-state index contributed by atoms with van der Waals surface area (Å²) in [7, 11) is 0. The van der Waals surface area contributed by atoms with Crippen LogP contribution in [0.1, 0.15) is 28.5 Å². The fraction of sp³-hybridized carbons (Fsp3) is 0.154. The average molecular weight is 474 g/mol. The second-order valence-corrected chi connectivity index (χ2v) is 8.00. The van der Waals surface area contributed by atoms with Gasteiger partial charge in [-0.2, -0.15) is 26.3 Å². The maximum absolute atomic E-state index is 13.1. The summed E-state index contributed by atoms with van der Waals surface area (Å²) >= 11 is 0. The molecule has 1 atom stereocenters. The zero-order chi connectivity index (χ0) is 24.3. The third-order valence-electron chi connectivity index (χ3n) is 6.00. The summed E-state index contributed by atoms with van der Waals surface area (Å²) in [6.07, 6.45) is -10.3. The maximum Gasteiger partial charge on any atom is 0.416 e. The van der Waals surface area contributed by atoms with Gasteiger partial charge in [0.25, 0.3) is 0 Å². The van der Waals surface area contributed by atoms with Crippen LogP contribution in [0.5, 0.6) is 0 Å². The van der Waals surface area contributed by atoms with Gasteiger partial charge >= 0.3 is 12.4 Å². The van der Waals surface area contributed by atoms with E-state index in [1.165, 1.54) is 24.3 Å². The molecule has 174 valence electrons. The summed E-state index contributed by atoms with van der Waals surface area (Å²) in [6.45, 7) is 0.00528. The Morgan fingerprint density at radius 1 is 0.647 bits per heavy atom. The third-order valence-corrected chi connectivity index (χ3v) is 6.00. The highest BCUT2D eigenvalue weighted by Gasteiger charge is 2.34. The molecule has 1 unspecified atom stereocenters. The van der Waals surface area contributed by atoms with E-state index in [2.05, 4.69) is 0 Å². The Bertz CT molecular complexity index is 1370. The average Bonchev–Trinajstić information content (AvgIpc) is 3.17. The van der Waals surface area contributed by atoms with Crippen LogP contribution in [-0.2, 0) is 23.7 Å². The van der Waals surface area contributed by atoms with Crippen LogP contribution < -0.4 is 0 Å². The summed E-state index contributed by atoms with van der Waals surface area (Å²) < 4.78 is 83.9. The van der Waals surface area contributed by atoms with Gasteiger partial charge in [0, 0.05) is 5.56 Å². The van der Waals surface area contributed by atoms with Gasteiger partial charge < -0.3 is 9.84 Å². The third kappa shape index (κ3) is 3.73. The molecule has 0 aliphatic carbocycles. The number of halogens is 6. The molecule has 0 fully saturated rings. The van der Waals surface area contributed by atoms with Gasteiger partial charge in [-0.05, 0) is 62.9 Å².